The highest BCUT2D eigenvalue weighted by atomic mass is 32.2. The van der Waals surface area contributed by atoms with Gasteiger partial charge in [-0.25, -0.2) is 13.1 Å². The summed E-state index contributed by atoms with van der Waals surface area (Å²) < 4.78 is 27.4. The lowest BCUT2D eigenvalue weighted by molar-refractivity contribution is 0.301. The SMILES string of the molecule is O=S(=O)(NCCO)c1cnn(Cc2ccccc2)c1. The van der Waals surface area contributed by atoms with Crippen LogP contribution < -0.4 is 4.72 Å². The van der Waals surface area contributed by atoms with Crippen LogP contribution >= 0.6 is 0 Å². The molecule has 0 unspecified atom stereocenters. The summed E-state index contributed by atoms with van der Waals surface area (Å²) in [7, 11) is -3.59. The molecule has 6 nitrogen and oxygen atoms in total. The number of rotatable bonds is 6. The van der Waals surface area contributed by atoms with Crippen molar-refractivity contribution in [3.8, 4) is 0 Å². The van der Waals surface area contributed by atoms with Crippen LogP contribution in [0.15, 0.2) is 47.6 Å². The minimum Gasteiger partial charge on any atom is -0.395 e. The Labute approximate surface area is 111 Å². The van der Waals surface area contributed by atoms with E-state index in [2.05, 4.69) is 9.82 Å². The van der Waals surface area contributed by atoms with Gasteiger partial charge in [-0.1, -0.05) is 30.3 Å². The van der Waals surface area contributed by atoms with Crippen LogP contribution in [-0.4, -0.2) is 36.5 Å². The number of aliphatic hydroxyl groups excluding tert-OH is 1. The van der Waals surface area contributed by atoms with E-state index in [1.165, 1.54) is 12.4 Å². The molecule has 0 saturated heterocycles. The summed E-state index contributed by atoms with van der Waals surface area (Å²) in [5.74, 6) is 0. The molecule has 0 aliphatic heterocycles. The average molecular weight is 281 g/mol. The summed E-state index contributed by atoms with van der Waals surface area (Å²) in [5.41, 5.74) is 1.04. The van der Waals surface area contributed by atoms with Gasteiger partial charge in [0, 0.05) is 12.7 Å². The van der Waals surface area contributed by atoms with Crippen molar-refractivity contribution >= 4 is 10.0 Å². The highest BCUT2D eigenvalue weighted by Crippen LogP contribution is 2.08. The number of sulfonamides is 1. The largest absolute Gasteiger partial charge is 0.395 e. The smallest absolute Gasteiger partial charge is 0.243 e. The first-order valence-electron chi connectivity index (χ1n) is 5.79. The van der Waals surface area contributed by atoms with Crippen molar-refractivity contribution in [1.29, 1.82) is 0 Å². The van der Waals surface area contributed by atoms with E-state index in [1.54, 1.807) is 4.68 Å². The van der Waals surface area contributed by atoms with Crippen LogP contribution in [0.1, 0.15) is 5.56 Å². The van der Waals surface area contributed by atoms with Crippen molar-refractivity contribution in [3.05, 3.63) is 48.3 Å². The van der Waals surface area contributed by atoms with Crippen LogP contribution in [0.4, 0.5) is 0 Å². The summed E-state index contributed by atoms with van der Waals surface area (Å²) in [6, 6.07) is 9.64. The molecule has 0 fully saturated rings. The second-order valence-electron chi connectivity index (χ2n) is 3.98. The normalized spacial score (nSPS) is 11.6. The number of nitrogens with one attached hydrogen (secondary N) is 1. The topological polar surface area (TPSA) is 84.2 Å². The molecule has 0 aliphatic rings. The zero-order chi connectivity index (χ0) is 13.7. The summed E-state index contributed by atoms with van der Waals surface area (Å²) >= 11 is 0. The lowest BCUT2D eigenvalue weighted by Gasteiger charge is -2.02. The quantitative estimate of drug-likeness (QED) is 0.792. The number of aliphatic hydroxyl groups is 1. The molecule has 19 heavy (non-hydrogen) atoms. The Morgan fingerprint density at radius 3 is 2.68 bits per heavy atom. The van der Waals surface area contributed by atoms with Crippen LogP contribution in [0, 0.1) is 0 Å². The first kappa shape index (κ1) is 13.7. The number of nitrogens with zero attached hydrogens (tertiary/aromatic N) is 2. The van der Waals surface area contributed by atoms with Crippen LogP contribution in [0.25, 0.3) is 0 Å². The third-order valence-corrected chi connectivity index (χ3v) is 3.93. The maximum Gasteiger partial charge on any atom is 0.243 e. The molecule has 0 radical (unpaired) electrons. The van der Waals surface area contributed by atoms with Crippen LogP contribution in [-0.2, 0) is 16.6 Å². The van der Waals surface area contributed by atoms with Crippen molar-refractivity contribution < 1.29 is 13.5 Å². The Morgan fingerprint density at radius 1 is 1.26 bits per heavy atom. The summed E-state index contributed by atoms with van der Waals surface area (Å²) in [6.45, 7) is 0.264. The summed E-state index contributed by atoms with van der Waals surface area (Å²) in [4.78, 5) is 0.0943. The predicted octanol–water partition coefficient (Wildman–Crippen LogP) is 0.202. The van der Waals surface area contributed by atoms with Crippen LogP contribution in [0.5, 0.6) is 0 Å². The van der Waals surface area contributed by atoms with Gasteiger partial charge in [0.2, 0.25) is 10.0 Å². The molecule has 102 valence electrons. The van der Waals surface area contributed by atoms with Gasteiger partial charge in [-0.2, -0.15) is 5.10 Å². The first-order chi connectivity index (χ1) is 9.12. The molecule has 0 saturated carbocycles. The van der Waals surface area contributed by atoms with Gasteiger partial charge < -0.3 is 5.11 Å². The molecule has 0 atom stereocenters. The van der Waals surface area contributed by atoms with E-state index in [0.29, 0.717) is 6.54 Å². The van der Waals surface area contributed by atoms with E-state index in [1.807, 2.05) is 30.3 Å². The van der Waals surface area contributed by atoms with Gasteiger partial charge in [0.1, 0.15) is 4.90 Å². The van der Waals surface area contributed by atoms with Crippen LogP contribution in [0.2, 0.25) is 0 Å². The lowest BCUT2D eigenvalue weighted by Crippen LogP contribution is -2.26. The molecule has 0 spiro atoms. The molecular formula is C12H15N3O3S. The lowest BCUT2D eigenvalue weighted by atomic mass is 10.2. The summed E-state index contributed by atoms with van der Waals surface area (Å²) in [5, 5.41) is 12.6. The first-order valence-corrected chi connectivity index (χ1v) is 7.27. The van der Waals surface area contributed by atoms with Gasteiger partial charge in [-0.05, 0) is 5.56 Å². The van der Waals surface area contributed by atoms with Crippen molar-refractivity contribution in [2.24, 2.45) is 0 Å². The maximum atomic E-state index is 11.8. The zero-order valence-corrected chi connectivity index (χ0v) is 11.0. The number of hydrogen-bond acceptors (Lipinski definition) is 4. The molecule has 7 heteroatoms. The molecule has 2 aromatic rings. The van der Waals surface area contributed by atoms with Gasteiger partial charge in [-0.15, -0.1) is 0 Å². The molecule has 1 aromatic heterocycles. The third-order valence-electron chi connectivity index (χ3n) is 2.51. The van der Waals surface area contributed by atoms with Gasteiger partial charge in [0.25, 0.3) is 0 Å². The van der Waals surface area contributed by atoms with Gasteiger partial charge in [-0.3, -0.25) is 4.68 Å². The minimum atomic E-state index is -3.59. The monoisotopic (exact) mass is 281 g/mol. The molecular weight excluding hydrogens is 266 g/mol. The minimum absolute atomic E-state index is 0.00774. The third kappa shape index (κ3) is 3.63. The average Bonchev–Trinajstić information content (AvgIpc) is 2.87. The van der Waals surface area contributed by atoms with Crippen LogP contribution in [0.3, 0.4) is 0 Å². The van der Waals surface area contributed by atoms with Gasteiger partial charge in [0.05, 0.1) is 19.3 Å². The Balaban J connectivity index is 2.11. The molecule has 0 amide bonds. The highest BCUT2D eigenvalue weighted by molar-refractivity contribution is 7.89. The van der Waals surface area contributed by atoms with Gasteiger partial charge in [0.15, 0.2) is 0 Å². The number of hydrogen-bond donors (Lipinski definition) is 2. The van der Waals surface area contributed by atoms with E-state index in [0.717, 1.165) is 5.56 Å². The Morgan fingerprint density at radius 2 is 2.00 bits per heavy atom. The fourth-order valence-corrected chi connectivity index (χ4v) is 2.58. The zero-order valence-electron chi connectivity index (χ0n) is 10.2. The number of benzene rings is 1. The Hall–Kier alpha value is -1.70. The maximum absolute atomic E-state index is 11.8. The van der Waals surface area contributed by atoms with Crippen molar-refractivity contribution in [2.45, 2.75) is 11.4 Å². The van der Waals surface area contributed by atoms with Crippen molar-refractivity contribution in [1.82, 2.24) is 14.5 Å². The molecule has 1 aromatic carbocycles. The Kier molecular flexibility index (Phi) is 4.31. The highest BCUT2D eigenvalue weighted by Gasteiger charge is 2.15. The molecule has 0 bridgehead atoms. The van der Waals surface area contributed by atoms with Crippen molar-refractivity contribution in [2.75, 3.05) is 13.2 Å². The van der Waals surface area contributed by atoms with E-state index < -0.39 is 10.0 Å². The van der Waals surface area contributed by atoms with Gasteiger partial charge >= 0.3 is 0 Å². The van der Waals surface area contributed by atoms with E-state index in [9.17, 15) is 8.42 Å². The standard InChI is InChI=1S/C12H15N3O3S/c16-7-6-14-19(17,18)12-8-13-15(10-12)9-11-4-2-1-3-5-11/h1-5,8,10,14,16H,6-7,9H2. The molecule has 2 rings (SSSR count). The fraction of sp³-hybridized carbons (Fsp3) is 0.250. The second kappa shape index (κ2) is 5.96. The Bertz CT molecular complexity index is 623. The molecule has 1 heterocycles. The van der Waals surface area contributed by atoms with E-state index in [-0.39, 0.29) is 18.0 Å². The predicted molar refractivity (Wildman–Crippen MR) is 70.0 cm³/mol. The van der Waals surface area contributed by atoms with E-state index in [4.69, 9.17) is 5.11 Å². The molecule has 0 aliphatic carbocycles. The fourth-order valence-electron chi connectivity index (χ4n) is 1.60. The van der Waals surface area contributed by atoms with E-state index >= 15 is 0 Å². The van der Waals surface area contributed by atoms with Crippen molar-refractivity contribution in [3.63, 3.8) is 0 Å². The summed E-state index contributed by atoms with van der Waals surface area (Å²) in [6.07, 6.45) is 2.76. The number of aromatic nitrogens is 2. The second-order valence-corrected chi connectivity index (χ2v) is 5.75. The molecule has 2 N–H and O–H groups in total.